The van der Waals surface area contributed by atoms with Crippen molar-refractivity contribution >= 4 is 0 Å². The summed E-state index contributed by atoms with van der Waals surface area (Å²) in [5.74, 6) is 0.792. The summed E-state index contributed by atoms with van der Waals surface area (Å²) in [6.45, 7) is 12.7. The molecule has 3 nitrogen and oxygen atoms in total. The molecule has 1 unspecified atom stereocenters. The molecule has 0 aliphatic carbocycles. The third-order valence-electron chi connectivity index (χ3n) is 4.23. The van der Waals surface area contributed by atoms with Crippen LogP contribution in [0.4, 0.5) is 0 Å². The Morgan fingerprint density at radius 1 is 1.24 bits per heavy atom. The van der Waals surface area contributed by atoms with Crippen LogP contribution >= 0.6 is 0 Å². The molecule has 0 spiro atoms. The first-order valence-electron chi connectivity index (χ1n) is 7.09. The first-order valence-corrected chi connectivity index (χ1v) is 7.09. The van der Waals surface area contributed by atoms with E-state index in [-0.39, 0.29) is 0 Å². The zero-order chi connectivity index (χ0) is 12.9. The number of likely N-dealkylation sites (N-methyl/N-ethyl adjacent to an activating group) is 1. The van der Waals surface area contributed by atoms with Gasteiger partial charge in [0.05, 0.1) is 0 Å². The van der Waals surface area contributed by atoms with Crippen molar-refractivity contribution in [1.29, 1.82) is 0 Å². The molecule has 0 aromatic rings. The Balaban J connectivity index is 2.20. The Morgan fingerprint density at radius 2 is 1.94 bits per heavy atom. The van der Waals surface area contributed by atoms with Crippen molar-refractivity contribution in [2.24, 2.45) is 11.7 Å². The van der Waals surface area contributed by atoms with E-state index in [9.17, 15) is 0 Å². The Hall–Kier alpha value is -0.120. The van der Waals surface area contributed by atoms with Crippen LogP contribution in [0.5, 0.6) is 0 Å². The van der Waals surface area contributed by atoms with Crippen molar-refractivity contribution in [2.75, 3.05) is 39.8 Å². The topological polar surface area (TPSA) is 32.5 Å². The second kappa shape index (κ2) is 6.72. The van der Waals surface area contributed by atoms with Crippen LogP contribution in [0.2, 0.25) is 0 Å². The summed E-state index contributed by atoms with van der Waals surface area (Å²) in [6, 6.07) is 0. The van der Waals surface area contributed by atoms with Gasteiger partial charge in [-0.15, -0.1) is 0 Å². The van der Waals surface area contributed by atoms with E-state index in [0.717, 1.165) is 12.5 Å². The summed E-state index contributed by atoms with van der Waals surface area (Å²) in [5.41, 5.74) is 5.91. The summed E-state index contributed by atoms with van der Waals surface area (Å²) in [4.78, 5) is 5.09. The maximum Gasteiger partial charge on any atom is 0.0277 e. The monoisotopic (exact) mass is 241 g/mol. The molecular formula is C14H31N3. The summed E-state index contributed by atoms with van der Waals surface area (Å²) >= 11 is 0. The van der Waals surface area contributed by atoms with Crippen molar-refractivity contribution < 1.29 is 0 Å². The van der Waals surface area contributed by atoms with Crippen LogP contribution in [0.3, 0.4) is 0 Å². The van der Waals surface area contributed by atoms with Gasteiger partial charge in [-0.3, -0.25) is 4.90 Å². The molecule has 1 rings (SSSR count). The second-order valence-corrected chi connectivity index (χ2v) is 6.33. The quantitative estimate of drug-likeness (QED) is 0.769. The third kappa shape index (κ3) is 4.94. The molecule has 1 saturated heterocycles. The van der Waals surface area contributed by atoms with Gasteiger partial charge in [-0.05, 0) is 59.2 Å². The molecule has 0 aromatic heterocycles. The van der Waals surface area contributed by atoms with Crippen LogP contribution in [-0.4, -0.2) is 55.1 Å². The number of piperazine rings is 1. The lowest BCUT2D eigenvalue weighted by molar-refractivity contribution is 0.0388. The molecule has 2 N–H and O–H groups in total. The van der Waals surface area contributed by atoms with Gasteiger partial charge in [0.15, 0.2) is 0 Å². The molecule has 1 atom stereocenters. The molecule has 1 fully saturated rings. The van der Waals surface area contributed by atoms with E-state index in [1.54, 1.807) is 0 Å². The molecule has 3 heteroatoms. The Morgan fingerprint density at radius 3 is 2.53 bits per heavy atom. The van der Waals surface area contributed by atoms with E-state index >= 15 is 0 Å². The van der Waals surface area contributed by atoms with Gasteiger partial charge in [0.2, 0.25) is 0 Å². The highest BCUT2D eigenvalue weighted by Gasteiger charge is 2.30. The number of rotatable bonds is 6. The van der Waals surface area contributed by atoms with E-state index in [1.807, 2.05) is 0 Å². The third-order valence-corrected chi connectivity index (χ3v) is 4.23. The molecule has 0 aromatic carbocycles. The minimum Gasteiger partial charge on any atom is -0.330 e. The number of nitrogens with two attached hydrogens (primary N) is 1. The zero-order valence-electron chi connectivity index (χ0n) is 12.2. The molecule has 1 aliphatic rings. The van der Waals surface area contributed by atoms with Gasteiger partial charge in [-0.2, -0.15) is 0 Å². The first kappa shape index (κ1) is 14.9. The number of hydrogen-bond acceptors (Lipinski definition) is 3. The van der Waals surface area contributed by atoms with Crippen molar-refractivity contribution in [3.8, 4) is 0 Å². The minimum atomic E-state index is 0.334. The zero-order valence-corrected chi connectivity index (χ0v) is 12.2. The average molecular weight is 241 g/mol. The molecule has 0 radical (unpaired) electrons. The molecule has 1 aliphatic heterocycles. The van der Waals surface area contributed by atoms with Crippen molar-refractivity contribution in [3.05, 3.63) is 0 Å². The van der Waals surface area contributed by atoms with Crippen molar-refractivity contribution in [1.82, 2.24) is 9.80 Å². The van der Waals surface area contributed by atoms with Crippen LogP contribution in [0, 0.1) is 5.92 Å². The average Bonchev–Trinajstić information content (AvgIpc) is 2.23. The molecule has 102 valence electrons. The van der Waals surface area contributed by atoms with Crippen LogP contribution < -0.4 is 5.73 Å². The van der Waals surface area contributed by atoms with Crippen LogP contribution in [0.15, 0.2) is 0 Å². The van der Waals surface area contributed by atoms with E-state index < -0.39 is 0 Å². The fraction of sp³-hybridized carbons (Fsp3) is 1.00. The highest BCUT2D eigenvalue weighted by atomic mass is 15.3. The van der Waals surface area contributed by atoms with Gasteiger partial charge in [0.25, 0.3) is 0 Å². The Bertz CT molecular complexity index is 216. The van der Waals surface area contributed by atoms with Gasteiger partial charge < -0.3 is 10.6 Å². The van der Waals surface area contributed by atoms with Gasteiger partial charge in [-0.25, -0.2) is 0 Å². The van der Waals surface area contributed by atoms with Gasteiger partial charge in [0, 0.05) is 25.2 Å². The van der Waals surface area contributed by atoms with E-state index in [4.69, 9.17) is 5.73 Å². The largest absolute Gasteiger partial charge is 0.330 e. The predicted molar refractivity (Wildman–Crippen MR) is 75.2 cm³/mol. The summed E-state index contributed by atoms with van der Waals surface area (Å²) in [5, 5.41) is 0. The van der Waals surface area contributed by atoms with Gasteiger partial charge in [0.1, 0.15) is 0 Å². The normalized spacial score (nSPS) is 23.8. The lowest BCUT2D eigenvalue weighted by Gasteiger charge is -2.45. The summed E-state index contributed by atoms with van der Waals surface area (Å²) < 4.78 is 0. The van der Waals surface area contributed by atoms with E-state index in [1.165, 1.54) is 45.4 Å². The van der Waals surface area contributed by atoms with Crippen molar-refractivity contribution in [2.45, 2.75) is 45.6 Å². The number of nitrogens with zero attached hydrogens (tertiary/aromatic N) is 2. The predicted octanol–water partition coefficient (Wildman–Crippen LogP) is 1.78. The SMILES string of the molecule is CC(CCN)CCCN1CCN(C)C(C)(C)C1. The highest BCUT2D eigenvalue weighted by molar-refractivity contribution is 4.88. The smallest absolute Gasteiger partial charge is 0.0277 e. The van der Waals surface area contributed by atoms with Crippen LogP contribution in [0.1, 0.15) is 40.0 Å². The Kier molecular flexibility index (Phi) is 5.90. The highest BCUT2D eigenvalue weighted by Crippen LogP contribution is 2.19. The van der Waals surface area contributed by atoms with Crippen molar-refractivity contribution in [3.63, 3.8) is 0 Å². The molecule has 0 bridgehead atoms. The standard InChI is InChI=1S/C14H31N3/c1-13(7-8-15)6-5-9-17-11-10-16(4)14(2,3)12-17/h13H,5-12,15H2,1-4H3. The molecule has 0 amide bonds. The summed E-state index contributed by atoms with van der Waals surface area (Å²) in [7, 11) is 2.24. The van der Waals surface area contributed by atoms with Gasteiger partial charge in [-0.1, -0.05) is 6.92 Å². The van der Waals surface area contributed by atoms with Crippen LogP contribution in [0.25, 0.3) is 0 Å². The lowest BCUT2D eigenvalue weighted by atomic mass is 9.98. The Labute approximate surface area is 107 Å². The van der Waals surface area contributed by atoms with Crippen LogP contribution in [-0.2, 0) is 0 Å². The van der Waals surface area contributed by atoms with E-state index in [2.05, 4.69) is 37.6 Å². The summed E-state index contributed by atoms with van der Waals surface area (Å²) in [6.07, 6.45) is 3.82. The van der Waals surface area contributed by atoms with Gasteiger partial charge >= 0.3 is 0 Å². The molecular weight excluding hydrogens is 210 g/mol. The maximum atomic E-state index is 5.58. The molecule has 0 saturated carbocycles. The minimum absolute atomic E-state index is 0.334. The lowest BCUT2D eigenvalue weighted by Crippen LogP contribution is -2.57. The fourth-order valence-corrected chi connectivity index (χ4v) is 2.62. The second-order valence-electron chi connectivity index (χ2n) is 6.33. The number of hydrogen-bond donors (Lipinski definition) is 1. The maximum absolute atomic E-state index is 5.58. The molecule has 17 heavy (non-hydrogen) atoms. The fourth-order valence-electron chi connectivity index (χ4n) is 2.62. The first-order chi connectivity index (χ1) is 7.95. The molecule has 1 heterocycles. The van der Waals surface area contributed by atoms with E-state index in [0.29, 0.717) is 5.54 Å².